The average Bonchev–Trinajstić information content (AvgIpc) is 3.21. The number of nitrogens with zero attached hydrogens (tertiary/aromatic N) is 2. The third kappa shape index (κ3) is 6.23. The molecule has 0 bridgehead atoms. The summed E-state index contributed by atoms with van der Waals surface area (Å²) in [5.74, 6) is 1.15. The second-order valence-corrected chi connectivity index (χ2v) is 15.6. The van der Waals surface area contributed by atoms with E-state index in [1.165, 1.54) is 120 Å². The van der Waals surface area contributed by atoms with Crippen molar-refractivity contribution < 1.29 is 0 Å². The van der Waals surface area contributed by atoms with E-state index >= 15 is 0 Å². The van der Waals surface area contributed by atoms with E-state index in [0.29, 0.717) is 11.8 Å². The van der Waals surface area contributed by atoms with Gasteiger partial charge in [-0.15, -0.1) is 0 Å². The highest BCUT2D eigenvalue weighted by Crippen LogP contribution is 2.44. The van der Waals surface area contributed by atoms with Crippen LogP contribution >= 0.6 is 0 Å². The van der Waals surface area contributed by atoms with Crippen molar-refractivity contribution >= 4 is 21.8 Å². The van der Waals surface area contributed by atoms with E-state index < -0.39 is 0 Å². The normalized spacial score (nSPS) is 15.7. The first-order valence-corrected chi connectivity index (χ1v) is 19.7. The molecule has 52 heavy (non-hydrogen) atoms. The molecule has 0 N–H and O–H groups in total. The fraction of sp³-hybridized carbons (Fsp3) is 0.280. The molecule has 2 heterocycles. The summed E-state index contributed by atoms with van der Waals surface area (Å²) in [4.78, 5) is 11.4. The summed E-state index contributed by atoms with van der Waals surface area (Å²) in [7, 11) is 0. The lowest BCUT2D eigenvalue weighted by Gasteiger charge is -2.25. The van der Waals surface area contributed by atoms with Crippen LogP contribution in [0.25, 0.3) is 66.6 Å². The Morgan fingerprint density at radius 3 is 1.21 bits per heavy atom. The van der Waals surface area contributed by atoms with Gasteiger partial charge in [0.2, 0.25) is 0 Å². The van der Waals surface area contributed by atoms with Gasteiger partial charge in [0.1, 0.15) is 0 Å². The molecule has 0 radical (unpaired) electrons. The quantitative estimate of drug-likeness (QED) is 0.164. The van der Waals surface area contributed by atoms with Crippen LogP contribution in [0, 0.1) is 13.8 Å². The molecule has 2 heteroatoms. The Balaban J connectivity index is 1.36. The molecule has 258 valence electrons. The molecule has 2 aromatic heterocycles. The molecule has 2 aliphatic rings. The number of hydrogen-bond donors (Lipinski definition) is 0. The number of hydrogen-bond acceptors (Lipinski definition) is 2. The van der Waals surface area contributed by atoms with E-state index in [9.17, 15) is 0 Å². The van der Waals surface area contributed by atoms with Gasteiger partial charge >= 0.3 is 0 Å². The zero-order valence-corrected chi connectivity index (χ0v) is 30.7. The monoisotopic (exact) mass is 676 g/mol. The number of pyridine rings is 2. The second kappa shape index (κ2) is 14.2. The van der Waals surface area contributed by atoms with Crippen LogP contribution in [0.2, 0.25) is 0 Å². The summed E-state index contributed by atoms with van der Waals surface area (Å²) < 4.78 is 0. The minimum absolute atomic E-state index is 0.573. The lowest BCUT2D eigenvalue weighted by atomic mass is 9.80. The fourth-order valence-corrected chi connectivity index (χ4v) is 9.29. The number of aromatic nitrogens is 2. The lowest BCUT2D eigenvalue weighted by molar-refractivity contribution is 0.444. The Morgan fingerprint density at radius 2 is 0.808 bits per heavy atom. The molecule has 2 fully saturated rings. The summed E-state index contributed by atoms with van der Waals surface area (Å²) >= 11 is 0. The standard InChI is InChI=1S/C50H48N2/c1-33-23-25-39(35-15-7-3-8-16-35)45(29-33)47-31-43(37-19-11-5-12-20-37)41-27-28-42-44(38-21-13-6-14-22-38)32-48(52-50(42)49(41)51-47)46-30-34(2)24-26-40(46)36-17-9-4-10-18-36/h5-6,11-14,19-32,35-36H,3-4,7-10,15-18H2,1-2H3. The van der Waals surface area contributed by atoms with Gasteiger partial charge < -0.3 is 0 Å². The zero-order chi connectivity index (χ0) is 35.0. The molecule has 2 saturated carbocycles. The maximum atomic E-state index is 5.69. The minimum atomic E-state index is 0.573. The van der Waals surface area contributed by atoms with Crippen LogP contribution in [0.5, 0.6) is 0 Å². The molecule has 0 saturated heterocycles. The van der Waals surface area contributed by atoms with Crippen molar-refractivity contribution in [3.05, 3.63) is 144 Å². The Labute approximate surface area is 309 Å². The molecular formula is C50H48N2. The lowest BCUT2D eigenvalue weighted by Crippen LogP contribution is -2.07. The van der Waals surface area contributed by atoms with E-state index in [1.807, 2.05) is 0 Å². The maximum absolute atomic E-state index is 5.69. The highest BCUT2D eigenvalue weighted by atomic mass is 14.8. The Bertz CT molecular complexity index is 2210. The molecule has 9 rings (SSSR count). The molecule has 0 unspecified atom stereocenters. The van der Waals surface area contributed by atoms with Gasteiger partial charge in [0.25, 0.3) is 0 Å². The van der Waals surface area contributed by atoms with Gasteiger partial charge in [0.05, 0.1) is 22.4 Å². The molecule has 7 aromatic rings. The number of fused-ring (bicyclic) bond motifs is 3. The average molecular weight is 677 g/mol. The van der Waals surface area contributed by atoms with Crippen molar-refractivity contribution in [2.45, 2.75) is 89.9 Å². The van der Waals surface area contributed by atoms with E-state index in [4.69, 9.17) is 9.97 Å². The van der Waals surface area contributed by atoms with Crippen molar-refractivity contribution in [2.24, 2.45) is 0 Å². The van der Waals surface area contributed by atoms with Gasteiger partial charge in [0, 0.05) is 21.9 Å². The highest BCUT2D eigenvalue weighted by Gasteiger charge is 2.24. The van der Waals surface area contributed by atoms with Crippen molar-refractivity contribution in [1.29, 1.82) is 0 Å². The van der Waals surface area contributed by atoms with Crippen LogP contribution in [-0.2, 0) is 0 Å². The Kier molecular flexibility index (Phi) is 8.93. The molecule has 2 aliphatic carbocycles. The molecule has 0 amide bonds. The van der Waals surface area contributed by atoms with Crippen molar-refractivity contribution in [1.82, 2.24) is 9.97 Å². The molecule has 5 aromatic carbocycles. The zero-order valence-electron chi connectivity index (χ0n) is 30.7. The predicted octanol–water partition coefficient (Wildman–Crippen LogP) is 14.2. The highest BCUT2D eigenvalue weighted by molar-refractivity contribution is 6.13. The molecule has 0 atom stereocenters. The minimum Gasteiger partial charge on any atom is -0.245 e. The van der Waals surface area contributed by atoms with E-state index in [2.05, 4.69) is 135 Å². The Hall–Kier alpha value is -5.08. The summed E-state index contributed by atoms with van der Waals surface area (Å²) in [6.07, 6.45) is 12.9. The van der Waals surface area contributed by atoms with Crippen molar-refractivity contribution in [2.75, 3.05) is 0 Å². The summed E-state index contributed by atoms with van der Waals surface area (Å²) in [6.45, 7) is 4.43. The van der Waals surface area contributed by atoms with E-state index in [1.54, 1.807) is 0 Å². The van der Waals surface area contributed by atoms with Gasteiger partial charge in [-0.05, 0) is 109 Å². The first-order chi connectivity index (χ1) is 25.6. The smallest absolute Gasteiger partial charge is 0.0978 e. The van der Waals surface area contributed by atoms with Crippen molar-refractivity contribution in [3.8, 4) is 44.8 Å². The first kappa shape index (κ1) is 32.8. The SMILES string of the molecule is Cc1ccc(C2CCCCC2)c(-c2cc(-c3ccccc3)c3ccc4c(-c5ccccc5)cc(-c5cc(C)ccc5C5CCCCC5)nc4c3n2)c1. The second-order valence-electron chi connectivity index (χ2n) is 15.6. The van der Waals surface area contributed by atoms with Crippen LogP contribution in [-0.4, -0.2) is 9.97 Å². The Morgan fingerprint density at radius 1 is 0.404 bits per heavy atom. The molecule has 0 spiro atoms. The molecule has 2 nitrogen and oxygen atoms in total. The largest absolute Gasteiger partial charge is 0.245 e. The van der Waals surface area contributed by atoms with Gasteiger partial charge in [0.15, 0.2) is 0 Å². The number of benzene rings is 5. The summed E-state index contributed by atoms with van der Waals surface area (Å²) in [5, 5.41) is 2.30. The third-order valence-electron chi connectivity index (χ3n) is 12.0. The van der Waals surface area contributed by atoms with Gasteiger partial charge in [-0.2, -0.15) is 0 Å². The van der Waals surface area contributed by atoms with Gasteiger partial charge in [-0.1, -0.05) is 147 Å². The predicted molar refractivity (Wildman–Crippen MR) is 220 cm³/mol. The molecule has 0 aliphatic heterocycles. The van der Waals surface area contributed by atoms with Crippen LogP contribution in [0.4, 0.5) is 0 Å². The first-order valence-electron chi connectivity index (χ1n) is 19.7. The van der Waals surface area contributed by atoms with Gasteiger partial charge in [-0.25, -0.2) is 9.97 Å². The van der Waals surface area contributed by atoms with Crippen LogP contribution in [0.15, 0.2) is 121 Å². The molecular weight excluding hydrogens is 629 g/mol. The van der Waals surface area contributed by atoms with Crippen molar-refractivity contribution in [3.63, 3.8) is 0 Å². The fourth-order valence-electron chi connectivity index (χ4n) is 9.29. The maximum Gasteiger partial charge on any atom is 0.0978 e. The third-order valence-corrected chi connectivity index (χ3v) is 12.0. The number of rotatable bonds is 6. The topological polar surface area (TPSA) is 25.8 Å². The van der Waals surface area contributed by atoms with E-state index in [0.717, 1.165) is 33.2 Å². The van der Waals surface area contributed by atoms with Crippen LogP contribution in [0.3, 0.4) is 0 Å². The summed E-state index contributed by atoms with van der Waals surface area (Å²) in [6, 6.07) is 45.2. The van der Waals surface area contributed by atoms with Gasteiger partial charge in [-0.3, -0.25) is 0 Å². The number of aryl methyl sites for hydroxylation is 2. The van der Waals surface area contributed by atoms with Crippen LogP contribution in [0.1, 0.15) is 98.3 Å². The van der Waals surface area contributed by atoms with E-state index in [-0.39, 0.29) is 0 Å². The van der Waals surface area contributed by atoms with Crippen LogP contribution < -0.4 is 0 Å². The summed E-state index contributed by atoms with van der Waals surface area (Å²) in [5.41, 5.74) is 16.9.